The summed E-state index contributed by atoms with van der Waals surface area (Å²) in [6.07, 6.45) is 0.786. The van der Waals surface area contributed by atoms with Crippen LogP contribution in [0.3, 0.4) is 0 Å². The van der Waals surface area contributed by atoms with E-state index < -0.39 is 0 Å². The smallest absolute Gasteiger partial charge is 0.267 e. The predicted molar refractivity (Wildman–Crippen MR) is 89.1 cm³/mol. The van der Waals surface area contributed by atoms with Crippen LogP contribution < -0.4 is 10.9 Å². The summed E-state index contributed by atoms with van der Waals surface area (Å²) < 4.78 is 6.39. The first-order valence-corrected chi connectivity index (χ1v) is 8.93. The van der Waals surface area contributed by atoms with E-state index in [9.17, 15) is 9.59 Å². The van der Waals surface area contributed by atoms with Crippen molar-refractivity contribution in [1.29, 1.82) is 0 Å². The number of fused-ring (bicyclic) bond motifs is 1. The van der Waals surface area contributed by atoms with Crippen LogP contribution in [0.2, 0.25) is 0 Å². The number of hydrogen-bond donors (Lipinski definition) is 1. The van der Waals surface area contributed by atoms with Crippen LogP contribution in [0.4, 0.5) is 5.82 Å². The first-order chi connectivity index (χ1) is 10.9. The molecule has 0 aliphatic carbocycles. The van der Waals surface area contributed by atoms with E-state index in [-0.39, 0.29) is 17.2 Å². The van der Waals surface area contributed by atoms with Gasteiger partial charge in [-0.15, -0.1) is 11.8 Å². The summed E-state index contributed by atoms with van der Waals surface area (Å²) in [5, 5.41) is 7.27. The van der Waals surface area contributed by atoms with E-state index in [4.69, 9.17) is 4.52 Å². The van der Waals surface area contributed by atoms with Gasteiger partial charge in [-0.05, 0) is 6.92 Å². The molecule has 0 saturated carbocycles. The van der Waals surface area contributed by atoms with Gasteiger partial charge < -0.3 is 9.84 Å². The molecule has 0 spiro atoms. The second-order valence-electron chi connectivity index (χ2n) is 5.33. The summed E-state index contributed by atoms with van der Waals surface area (Å²) >= 11 is 2.80. The molecule has 122 valence electrons. The molecule has 0 saturated heterocycles. The number of rotatable bonds is 4. The Labute approximate surface area is 141 Å². The zero-order valence-corrected chi connectivity index (χ0v) is 14.6. The Morgan fingerprint density at radius 1 is 1.61 bits per heavy atom. The average molecular weight is 352 g/mol. The van der Waals surface area contributed by atoms with Crippen molar-refractivity contribution >= 4 is 35.2 Å². The van der Waals surface area contributed by atoms with Gasteiger partial charge in [0.05, 0.1) is 16.3 Å². The minimum absolute atomic E-state index is 0.0422. The monoisotopic (exact) mass is 352 g/mol. The number of carbonyl (C=O) groups excluding carboxylic acids is 1. The van der Waals surface area contributed by atoms with Gasteiger partial charge in [0, 0.05) is 24.8 Å². The molecular weight excluding hydrogens is 336 g/mol. The van der Waals surface area contributed by atoms with Gasteiger partial charge >= 0.3 is 0 Å². The van der Waals surface area contributed by atoms with Crippen molar-refractivity contribution < 1.29 is 9.32 Å². The number of nitrogens with zero attached hydrogens (tertiary/aromatic N) is 3. The Balaban J connectivity index is 1.69. The largest absolute Gasteiger partial charge is 0.360 e. The van der Waals surface area contributed by atoms with Crippen molar-refractivity contribution in [1.82, 2.24) is 14.7 Å². The highest BCUT2D eigenvalue weighted by atomic mass is 32.2. The summed E-state index contributed by atoms with van der Waals surface area (Å²) in [5.41, 5.74) is 0.792. The lowest BCUT2D eigenvalue weighted by Gasteiger charge is -2.08. The maximum absolute atomic E-state index is 12.3. The van der Waals surface area contributed by atoms with Gasteiger partial charge in [-0.25, -0.2) is 4.98 Å². The highest BCUT2D eigenvalue weighted by Gasteiger charge is 2.25. The molecule has 1 N–H and O–H groups in total. The van der Waals surface area contributed by atoms with E-state index in [1.165, 1.54) is 16.3 Å². The number of thioether (sulfide) groups is 2. The van der Waals surface area contributed by atoms with Crippen LogP contribution in [0.15, 0.2) is 25.4 Å². The molecular formula is C14H16N4O3S2. The molecule has 1 aliphatic heterocycles. The molecule has 23 heavy (non-hydrogen) atoms. The summed E-state index contributed by atoms with van der Waals surface area (Å²) in [6.45, 7) is 3.83. The van der Waals surface area contributed by atoms with E-state index in [2.05, 4.69) is 22.4 Å². The Morgan fingerprint density at radius 2 is 2.39 bits per heavy atom. The summed E-state index contributed by atoms with van der Waals surface area (Å²) in [7, 11) is 1.68. The van der Waals surface area contributed by atoms with E-state index in [0.717, 1.165) is 17.0 Å². The van der Waals surface area contributed by atoms with Crippen LogP contribution in [0.25, 0.3) is 0 Å². The number of aryl methyl sites for hydroxylation is 1. The minimum Gasteiger partial charge on any atom is -0.360 e. The first-order valence-electron chi connectivity index (χ1n) is 7.06. The van der Waals surface area contributed by atoms with Crippen molar-refractivity contribution in [2.24, 2.45) is 7.05 Å². The van der Waals surface area contributed by atoms with Crippen LogP contribution in [0.5, 0.6) is 0 Å². The molecule has 0 aromatic carbocycles. The SMILES string of the molecule is Cc1cc(NC(=O)CSc2nc3c(c(=O)n2C)S[C@H](C)C3)no1. The van der Waals surface area contributed by atoms with Gasteiger partial charge in [-0.1, -0.05) is 23.8 Å². The van der Waals surface area contributed by atoms with E-state index in [1.54, 1.807) is 31.8 Å². The number of anilines is 1. The van der Waals surface area contributed by atoms with Crippen LogP contribution >= 0.6 is 23.5 Å². The molecule has 1 amide bonds. The fraction of sp³-hybridized carbons (Fsp3) is 0.429. The number of aromatic nitrogens is 3. The van der Waals surface area contributed by atoms with Gasteiger partial charge in [0.1, 0.15) is 5.76 Å². The third kappa shape index (κ3) is 3.45. The Bertz CT molecular complexity index is 815. The third-order valence-corrected chi connectivity index (χ3v) is 5.55. The third-order valence-electron chi connectivity index (χ3n) is 3.31. The van der Waals surface area contributed by atoms with Crippen molar-refractivity contribution in [2.45, 2.75) is 35.6 Å². The Morgan fingerprint density at radius 3 is 3.09 bits per heavy atom. The van der Waals surface area contributed by atoms with Crippen molar-refractivity contribution in [3.8, 4) is 0 Å². The highest BCUT2D eigenvalue weighted by Crippen LogP contribution is 2.33. The molecule has 0 fully saturated rings. The van der Waals surface area contributed by atoms with Gasteiger partial charge in [-0.2, -0.15) is 0 Å². The molecule has 2 aromatic rings. The van der Waals surface area contributed by atoms with Gasteiger partial charge in [-0.3, -0.25) is 14.2 Å². The van der Waals surface area contributed by atoms with Gasteiger partial charge in [0.15, 0.2) is 11.0 Å². The average Bonchev–Trinajstić information content (AvgIpc) is 3.07. The molecule has 7 nitrogen and oxygen atoms in total. The predicted octanol–water partition coefficient (Wildman–Crippen LogP) is 1.84. The van der Waals surface area contributed by atoms with E-state index in [0.29, 0.717) is 22.0 Å². The number of nitrogens with one attached hydrogen (secondary N) is 1. The molecule has 0 radical (unpaired) electrons. The number of amides is 1. The van der Waals surface area contributed by atoms with Gasteiger partial charge in [0.2, 0.25) is 5.91 Å². The van der Waals surface area contributed by atoms with E-state index in [1.807, 2.05) is 0 Å². The minimum atomic E-state index is -0.221. The highest BCUT2D eigenvalue weighted by molar-refractivity contribution is 8.00. The molecule has 3 heterocycles. The Hall–Kier alpha value is -1.74. The second kappa shape index (κ2) is 6.40. The molecule has 1 aliphatic rings. The lowest BCUT2D eigenvalue weighted by atomic mass is 10.2. The number of hydrogen-bond acceptors (Lipinski definition) is 7. The van der Waals surface area contributed by atoms with Crippen LogP contribution in [-0.4, -0.2) is 31.6 Å². The van der Waals surface area contributed by atoms with Gasteiger partial charge in [0.25, 0.3) is 5.56 Å². The van der Waals surface area contributed by atoms with E-state index >= 15 is 0 Å². The van der Waals surface area contributed by atoms with Crippen molar-refractivity contribution in [2.75, 3.05) is 11.1 Å². The molecule has 2 aromatic heterocycles. The Kier molecular flexibility index (Phi) is 4.49. The van der Waals surface area contributed by atoms with Crippen molar-refractivity contribution in [3.05, 3.63) is 27.9 Å². The molecule has 3 rings (SSSR count). The fourth-order valence-corrected chi connectivity index (χ4v) is 4.17. The summed E-state index contributed by atoms with van der Waals surface area (Å²) in [6, 6.07) is 1.64. The molecule has 1 atom stereocenters. The van der Waals surface area contributed by atoms with Crippen LogP contribution in [0.1, 0.15) is 18.4 Å². The molecule has 0 bridgehead atoms. The zero-order chi connectivity index (χ0) is 16.6. The quantitative estimate of drug-likeness (QED) is 0.663. The maximum Gasteiger partial charge on any atom is 0.267 e. The lowest BCUT2D eigenvalue weighted by Crippen LogP contribution is -2.23. The van der Waals surface area contributed by atoms with Crippen LogP contribution in [-0.2, 0) is 18.3 Å². The standard InChI is InChI=1S/C14H16N4O3S2/c1-7-4-10(17-21-7)16-11(19)6-22-14-15-9-5-8(2)23-12(9)13(20)18(14)3/h4,8H,5-6H2,1-3H3,(H,16,17,19)/t8-/m1/s1. The maximum atomic E-state index is 12.3. The zero-order valence-electron chi connectivity index (χ0n) is 13.0. The number of carbonyl (C=O) groups is 1. The molecule has 9 heteroatoms. The first kappa shape index (κ1) is 16.1. The normalized spacial score (nSPS) is 16.4. The lowest BCUT2D eigenvalue weighted by molar-refractivity contribution is -0.113. The summed E-state index contributed by atoms with van der Waals surface area (Å²) in [5.74, 6) is 0.936. The van der Waals surface area contributed by atoms with Crippen molar-refractivity contribution in [3.63, 3.8) is 0 Å². The van der Waals surface area contributed by atoms with Crippen LogP contribution in [0, 0.1) is 6.92 Å². The topological polar surface area (TPSA) is 90.0 Å². The molecule has 0 unspecified atom stereocenters. The second-order valence-corrected chi connectivity index (χ2v) is 7.72. The fourth-order valence-electron chi connectivity index (χ4n) is 2.24. The summed E-state index contributed by atoms with van der Waals surface area (Å²) in [4.78, 5) is 29.5.